The highest BCUT2D eigenvalue weighted by molar-refractivity contribution is 5.86. The highest BCUT2D eigenvalue weighted by Gasteiger charge is 2.29. The van der Waals surface area contributed by atoms with Crippen molar-refractivity contribution in [3.05, 3.63) is 30.9 Å². The molecule has 0 radical (unpaired) electrons. The first-order chi connectivity index (χ1) is 7.83. The first-order valence-electron chi connectivity index (χ1n) is 4.78. The number of carbonyl (C=O) groups is 1. The van der Waals surface area contributed by atoms with Crippen LogP contribution < -0.4 is 0 Å². The van der Waals surface area contributed by atoms with Crippen LogP contribution in [0, 0.1) is 0 Å². The molecule has 0 saturated heterocycles. The van der Waals surface area contributed by atoms with Crippen LogP contribution in [-0.2, 0) is 17.9 Å². The Bertz CT molecular complexity index is 411. The van der Waals surface area contributed by atoms with Gasteiger partial charge in [0.15, 0.2) is 0 Å². The van der Waals surface area contributed by atoms with Gasteiger partial charge in [0.2, 0.25) is 5.91 Å². The van der Waals surface area contributed by atoms with Gasteiger partial charge in [-0.3, -0.25) is 4.79 Å². The van der Waals surface area contributed by atoms with Gasteiger partial charge < -0.3 is 9.47 Å². The molecule has 1 heterocycles. The maximum absolute atomic E-state index is 12.2. The Kier molecular flexibility index (Phi) is 3.93. The van der Waals surface area contributed by atoms with Crippen molar-refractivity contribution in [2.75, 3.05) is 7.05 Å². The number of amides is 1. The van der Waals surface area contributed by atoms with Crippen LogP contribution in [0.2, 0.25) is 0 Å². The molecule has 1 rings (SSSR count). The molecule has 0 aliphatic carbocycles. The minimum absolute atomic E-state index is 0.00787. The zero-order chi connectivity index (χ0) is 13.1. The van der Waals surface area contributed by atoms with Crippen molar-refractivity contribution in [2.45, 2.75) is 19.3 Å². The Morgan fingerprint density at radius 1 is 1.65 bits per heavy atom. The third-order valence-corrected chi connectivity index (χ3v) is 2.08. The predicted molar refractivity (Wildman–Crippen MR) is 55.0 cm³/mol. The van der Waals surface area contributed by atoms with Crippen LogP contribution in [0.1, 0.15) is 5.82 Å². The summed E-state index contributed by atoms with van der Waals surface area (Å²) in [6, 6.07) is 0. The summed E-state index contributed by atoms with van der Waals surface area (Å²) in [6.07, 6.45) is -0.712. The monoisotopic (exact) mass is 247 g/mol. The zero-order valence-corrected chi connectivity index (χ0v) is 9.24. The molecule has 0 aliphatic rings. The second-order valence-electron chi connectivity index (χ2n) is 3.48. The van der Waals surface area contributed by atoms with Gasteiger partial charge >= 0.3 is 6.18 Å². The summed E-state index contributed by atoms with van der Waals surface area (Å²) in [5, 5.41) is 0. The van der Waals surface area contributed by atoms with E-state index in [-0.39, 0.29) is 18.3 Å². The number of alkyl halides is 3. The highest BCUT2D eigenvalue weighted by atomic mass is 19.4. The smallest absolute Gasteiger partial charge is 0.335 e. The van der Waals surface area contributed by atoms with E-state index in [1.54, 1.807) is 0 Å². The van der Waals surface area contributed by atoms with Crippen molar-refractivity contribution >= 4 is 5.91 Å². The summed E-state index contributed by atoms with van der Waals surface area (Å²) in [5.41, 5.74) is 0. The molecule has 0 spiro atoms. The average Bonchev–Trinajstić information content (AvgIpc) is 2.62. The Hall–Kier alpha value is -1.79. The Morgan fingerprint density at radius 2 is 2.29 bits per heavy atom. The fraction of sp³-hybridized carbons (Fsp3) is 0.400. The van der Waals surface area contributed by atoms with E-state index in [4.69, 9.17) is 0 Å². The first-order valence-corrected chi connectivity index (χ1v) is 4.78. The Balaban J connectivity index is 2.76. The molecule has 0 unspecified atom stereocenters. The van der Waals surface area contributed by atoms with Gasteiger partial charge in [-0.1, -0.05) is 6.58 Å². The van der Waals surface area contributed by atoms with Crippen LogP contribution in [0.25, 0.3) is 0 Å². The second kappa shape index (κ2) is 5.03. The SMILES string of the molecule is C=CC(=O)N(C)Cc1nccn1CC(F)(F)F. The molecule has 0 aromatic carbocycles. The van der Waals surface area contributed by atoms with Crippen LogP contribution in [0.3, 0.4) is 0 Å². The molecular formula is C10H12F3N3O. The van der Waals surface area contributed by atoms with E-state index in [1.807, 2.05) is 0 Å². The number of hydrogen-bond donors (Lipinski definition) is 0. The van der Waals surface area contributed by atoms with E-state index >= 15 is 0 Å². The Morgan fingerprint density at radius 3 is 2.82 bits per heavy atom. The summed E-state index contributed by atoms with van der Waals surface area (Å²) >= 11 is 0. The van der Waals surface area contributed by atoms with Crippen LogP contribution in [0.4, 0.5) is 13.2 Å². The molecule has 94 valence electrons. The maximum atomic E-state index is 12.2. The van der Waals surface area contributed by atoms with Crippen molar-refractivity contribution < 1.29 is 18.0 Å². The first kappa shape index (κ1) is 13.3. The van der Waals surface area contributed by atoms with Crippen molar-refractivity contribution in [1.29, 1.82) is 0 Å². The standard InChI is InChI=1S/C10H12F3N3O/c1-3-9(17)15(2)6-8-14-4-5-16(8)7-10(11,12)13/h3-5H,1,6-7H2,2H3. The molecule has 7 heteroatoms. The molecule has 0 bridgehead atoms. The summed E-state index contributed by atoms with van der Waals surface area (Å²) in [6.45, 7) is 2.19. The predicted octanol–water partition coefficient (Wildman–Crippen LogP) is 1.59. The zero-order valence-electron chi connectivity index (χ0n) is 9.24. The van der Waals surface area contributed by atoms with Crippen molar-refractivity contribution in [3.8, 4) is 0 Å². The molecule has 17 heavy (non-hydrogen) atoms. The summed E-state index contributed by atoms with van der Waals surface area (Å²) in [5.74, 6) is -0.188. The van der Waals surface area contributed by atoms with E-state index in [1.165, 1.54) is 24.3 Å². The molecule has 4 nitrogen and oxygen atoms in total. The van der Waals surface area contributed by atoms with E-state index in [0.29, 0.717) is 0 Å². The lowest BCUT2D eigenvalue weighted by molar-refractivity contribution is -0.141. The van der Waals surface area contributed by atoms with E-state index in [9.17, 15) is 18.0 Å². The van der Waals surface area contributed by atoms with Crippen LogP contribution in [-0.4, -0.2) is 33.6 Å². The van der Waals surface area contributed by atoms with Gasteiger partial charge in [-0.05, 0) is 6.08 Å². The van der Waals surface area contributed by atoms with E-state index < -0.39 is 12.7 Å². The normalized spacial score (nSPS) is 11.3. The number of hydrogen-bond acceptors (Lipinski definition) is 2. The summed E-state index contributed by atoms with van der Waals surface area (Å²) < 4.78 is 37.6. The molecule has 0 atom stereocenters. The summed E-state index contributed by atoms with van der Waals surface area (Å²) in [4.78, 5) is 16.2. The molecule has 1 aromatic heterocycles. The van der Waals surface area contributed by atoms with Crippen LogP contribution in [0.15, 0.2) is 25.0 Å². The molecule has 0 saturated carbocycles. The number of aromatic nitrogens is 2. The van der Waals surface area contributed by atoms with E-state index in [0.717, 1.165) is 10.6 Å². The molecule has 0 fully saturated rings. The second-order valence-corrected chi connectivity index (χ2v) is 3.48. The third-order valence-electron chi connectivity index (χ3n) is 2.08. The third kappa shape index (κ3) is 3.93. The lowest BCUT2D eigenvalue weighted by Crippen LogP contribution is -2.27. The molecule has 0 N–H and O–H groups in total. The quantitative estimate of drug-likeness (QED) is 0.758. The van der Waals surface area contributed by atoms with Gasteiger partial charge in [0.25, 0.3) is 0 Å². The topological polar surface area (TPSA) is 38.1 Å². The molecule has 0 aliphatic heterocycles. The number of imidazole rings is 1. The molecular weight excluding hydrogens is 235 g/mol. The fourth-order valence-electron chi connectivity index (χ4n) is 1.27. The molecule has 1 aromatic rings. The minimum Gasteiger partial charge on any atom is -0.335 e. The maximum Gasteiger partial charge on any atom is 0.406 e. The van der Waals surface area contributed by atoms with Gasteiger partial charge in [-0.25, -0.2) is 4.98 Å². The number of halogens is 3. The van der Waals surface area contributed by atoms with Crippen molar-refractivity contribution in [1.82, 2.24) is 14.5 Å². The van der Waals surface area contributed by atoms with Gasteiger partial charge in [0, 0.05) is 19.4 Å². The lowest BCUT2D eigenvalue weighted by atomic mass is 10.4. The van der Waals surface area contributed by atoms with Crippen molar-refractivity contribution in [3.63, 3.8) is 0 Å². The van der Waals surface area contributed by atoms with Gasteiger partial charge in [-0.15, -0.1) is 0 Å². The number of rotatable bonds is 4. The van der Waals surface area contributed by atoms with Crippen molar-refractivity contribution in [2.24, 2.45) is 0 Å². The highest BCUT2D eigenvalue weighted by Crippen LogP contribution is 2.18. The van der Waals surface area contributed by atoms with E-state index in [2.05, 4.69) is 11.6 Å². The number of carbonyl (C=O) groups excluding carboxylic acids is 1. The average molecular weight is 247 g/mol. The van der Waals surface area contributed by atoms with Gasteiger partial charge in [-0.2, -0.15) is 13.2 Å². The minimum atomic E-state index is -4.31. The number of likely N-dealkylation sites (N-methyl/N-ethyl adjacent to an activating group) is 1. The molecule has 1 amide bonds. The lowest BCUT2D eigenvalue weighted by Gasteiger charge is -2.16. The van der Waals surface area contributed by atoms with Gasteiger partial charge in [0.05, 0.1) is 6.54 Å². The van der Waals surface area contributed by atoms with Crippen LogP contribution >= 0.6 is 0 Å². The largest absolute Gasteiger partial charge is 0.406 e. The van der Waals surface area contributed by atoms with Crippen LogP contribution in [0.5, 0.6) is 0 Å². The number of nitrogens with zero attached hydrogens (tertiary/aromatic N) is 3. The summed E-state index contributed by atoms with van der Waals surface area (Å²) in [7, 11) is 1.47. The van der Waals surface area contributed by atoms with Gasteiger partial charge in [0.1, 0.15) is 12.4 Å². The fourth-order valence-corrected chi connectivity index (χ4v) is 1.27. The Labute approximate surface area is 96.4 Å².